The van der Waals surface area contributed by atoms with Crippen molar-refractivity contribution >= 4 is 11.5 Å². The molecule has 0 radical (unpaired) electrons. The minimum atomic E-state index is 0.190. The lowest BCUT2D eigenvalue weighted by atomic mass is 9.91. The zero-order valence-corrected chi connectivity index (χ0v) is 19.7. The number of phenolic OH excluding ortho intramolecular Hbond substituents is 1. The van der Waals surface area contributed by atoms with E-state index in [1.165, 1.54) is 0 Å². The largest absolute Gasteiger partial charge is 0.507 e. The molecule has 0 amide bonds. The van der Waals surface area contributed by atoms with Crippen LogP contribution < -0.4 is 15.1 Å². The van der Waals surface area contributed by atoms with Crippen LogP contribution in [0.3, 0.4) is 0 Å². The fraction of sp³-hybridized carbons (Fsp3) is 0.480. The third kappa shape index (κ3) is 3.88. The summed E-state index contributed by atoms with van der Waals surface area (Å²) in [5, 5.41) is 28.1. The second-order valence-corrected chi connectivity index (χ2v) is 9.76. The summed E-state index contributed by atoms with van der Waals surface area (Å²) in [6, 6.07) is 8.99. The van der Waals surface area contributed by atoms with Crippen LogP contribution >= 0.6 is 0 Å². The number of hydrogen-bond donors (Lipinski definition) is 2. The van der Waals surface area contributed by atoms with Gasteiger partial charge in [0.25, 0.3) is 0 Å². The van der Waals surface area contributed by atoms with Gasteiger partial charge in [-0.25, -0.2) is 0 Å². The van der Waals surface area contributed by atoms with Gasteiger partial charge in [0.2, 0.25) is 0 Å². The van der Waals surface area contributed by atoms with E-state index in [4.69, 9.17) is 9.84 Å². The fourth-order valence-corrected chi connectivity index (χ4v) is 5.61. The summed E-state index contributed by atoms with van der Waals surface area (Å²) >= 11 is 0. The van der Waals surface area contributed by atoms with Crippen molar-refractivity contribution in [2.45, 2.75) is 37.4 Å². The van der Waals surface area contributed by atoms with Crippen LogP contribution in [0.15, 0.2) is 36.7 Å². The molecule has 2 N–H and O–H groups in total. The van der Waals surface area contributed by atoms with Gasteiger partial charge in [0, 0.05) is 62.6 Å². The summed E-state index contributed by atoms with van der Waals surface area (Å²) < 4.78 is 7.50. The number of phenols is 1. The summed E-state index contributed by atoms with van der Waals surface area (Å²) in [6.45, 7) is 3.50. The predicted octanol–water partition coefficient (Wildman–Crippen LogP) is 2.42. The first-order valence-corrected chi connectivity index (χ1v) is 12.1. The topological polar surface area (TPSA) is 91.6 Å². The molecular weight excluding hydrogens is 430 g/mol. The first-order chi connectivity index (χ1) is 16.5. The third-order valence-electron chi connectivity index (χ3n) is 7.31. The van der Waals surface area contributed by atoms with E-state index in [9.17, 15) is 5.11 Å². The Balaban J connectivity index is 1.33. The Kier molecular flexibility index (Phi) is 5.38. The average molecular weight is 462 g/mol. The lowest BCUT2D eigenvalue weighted by Gasteiger charge is -2.44. The molecule has 3 aliphatic rings. The molecule has 9 nitrogen and oxygen atoms in total. The Bertz CT molecular complexity index is 1180. The zero-order chi connectivity index (χ0) is 23.2. The maximum Gasteiger partial charge on any atom is 0.175 e. The van der Waals surface area contributed by atoms with Gasteiger partial charge in [-0.05, 0) is 43.0 Å². The van der Waals surface area contributed by atoms with Gasteiger partial charge in [-0.3, -0.25) is 4.68 Å². The zero-order valence-electron chi connectivity index (χ0n) is 19.7. The molecule has 1 unspecified atom stereocenters. The van der Waals surface area contributed by atoms with Crippen molar-refractivity contribution in [1.29, 1.82) is 0 Å². The molecule has 0 aliphatic carbocycles. The van der Waals surface area contributed by atoms with Gasteiger partial charge in [0.05, 0.1) is 30.8 Å². The molecule has 34 heavy (non-hydrogen) atoms. The highest BCUT2D eigenvalue weighted by Gasteiger charge is 2.37. The quantitative estimate of drug-likeness (QED) is 0.615. The number of fused-ring (bicyclic) bond motifs is 3. The number of anilines is 2. The molecule has 6 rings (SSSR count). The van der Waals surface area contributed by atoms with E-state index < -0.39 is 0 Å². The molecule has 1 aromatic carbocycles. The van der Waals surface area contributed by atoms with Crippen LogP contribution in [0, 0.1) is 0 Å². The van der Waals surface area contributed by atoms with Crippen LogP contribution in [-0.2, 0) is 11.8 Å². The molecule has 2 bridgehead atoms. The monoisotopic (exact) mass is 461 g/mol. The molecule has 3 aliphatic heterocycles. The second kappa shape index (κ2) is 8.56. The Morgan fingerprint density at radius 1 is 1.03 bits per heavy atom. The third-order valence-corrected chi connectivity index (χ3v) is 7.31. The Hall–Kier alpha value is -3.17. The van der Waals surface area contributed by atoms with Crippen LogP contribution in [0.2, 0.25) is 0 Å². The number of piperidine rings is 1. The lowest BCUT2D eigenvalue weighted by molar-refractivity contribution is 0.0178. The van der Waals surface area contributed by atoms with Gasteiger partial charge in [0.15, 0.2) is 5.82 Å². The second-order valence-electron chi connectivity index (χ2n) is 9.76. The molecule has 5 heterocycles. The summed E-state index contributed by atoms with van der Waals surface area (Å²) in [5.74, 6) is 1.14. The maximum absolute atomic E-state index is 10.8. The lowest BCUT2D eigenvalue weighted by Crippen LogP contribution is -2.59. The number of aromatic hydroxyl groups is 1. The molecule has 3 aromatic rings. The van der Waals surface area contributed by atoms with Crippen LogP contribution in [0.1, 0.15) is 19.3 Å². The molecule has 3 atom stereocenters. The molecule has 2 saturated heterocycles. The average Bonchev–Trinajstić information content (AvgIpc) is 3.20. The maximum atomic E-state index is 10.8. The van der Waals surface area contributed by atoms with Crippen molar-refractivity contribution in [2.75, 3.05) is 43.2 Å². The predicted molar refractivity (Wildman–Crippen MR) is 131 cm³/mol. The van der Waals surface area contributed by atoms with E-state index in [1.54, 1.807) is 16.9 Å². The van der Waals surface area contributed by atoms with Gasteiger partial charge in [-0.2, -0.15) is 5.10 Å². The normalized spacial score (nSPS) is 24.6. The summed E-state index contributed by atoms with van der Waals surface area (Å²) in [4.78, 5) is 4.73. The van der Waals surface area contributed by atoms with Gasteiger partial charge in [-0.15, -0.1) is 10.2 Å². The van der Waals surface area contributed by atoms with Crippen molar-refractivity contribution in [2.24, 2.45) is 7.05 Å². The smallest absolute Gasteiger partial charge is 0.175 e. The number of nitrogens with one attached hydrogen (secondary N) is 1. The highest BCUT2D eigenvalue weighted by atomic mass is 16.5. The van der Waals surface area contributed by atoms with Gasteiger partial charge < -0.3 is 25.0 Å². The number of ether oxygens (including phenoxy) is 1. The van der Waals surface area contributed by atoms with Gasteiger partial charge in [-0.1, -0.05) is 6.07 Å². The number of hydrogen-bond acceptors (Lipinski definition) is 8. The molecular formula is C25H31N7O2. The summed E-state index contributed by atoms with van der Waals surface area (Å²) in [7, 11) is 4.00. The van der Waals surface area contributed by atoms with Crippen molar-refractivity contribution in [3.63, 3.8) is 0 Å². The minimum absolute atomic E-state index is 0.190. The SMILES string of the molecule is CN1CCCN([C@@H]2CC3COC[C@@H](C2)N3)c2nnc(-c3ccc(-c4cnn(C)c4)cc3O)cc21. The molecule has 178 valence electrons. The van der Waals surface area contributed by atoms with Crippen molar-refractivity contribution in [3.05, 3.63) is 36.7 Å². The van der Waals surface area contributed by atoms with E-state index >= 15 is 0 Å². The fourth-order valence-electron chi connectivity index (χ4n) is 5.61. The van der Waals surface area contributed by atoms with Crippen LogP contribution in [0.25, 0.3) is 22.4 Å². The van der Waals surface area contributed by atoms with Crippen LogP contribution in [-0.4, -0.2) is 76.6 Å². The number of aromatic nitrogens is 4. The number of benzene rings is 1. The first kappa shape index (κ1) is 21.4. The van der Waals surface area contributed by atoms with Gasteiger partial charge >= 0.3 is 0 Å². The molecule has 0 spiro atoms. The number of rotatable bonds is 3. The highest BCUT2D eigenvalue weighted by molar-refractivity contribution is 5.78. The minimum Gasteiger partial charge on any atom is -0.507 e. The van der Waals surface area contributed by atoms with E-state index in [0.717, 1.165) is 68.2 Å². The number of morpholine rings is 1. The highest BCUT2D eigenvalue weighted by Crippen LogP contribution is 2.38. The Morgan fingerprint density at radius 3 is 2.59 bits per heavy atom. The summed E-state index contributed by atoms with van der Waals surface area (Å²) in [5.41, 5.74) is 4.31. The van der Waals surface area contributed by atoms with Crippen LogP contribution in [0.5, 0.6) is 5.75 Å². The van der Waals surface area contributed by atoms with Crippen LogP contribution in [0.4, 0.5) is 11.5 Å². The van der Waals surface area contributed by atoms with Gasteiger partial charge in [0.1, 0.15) is 5.75 Å². The summed E-state index contributed by atoms with van der Waals surface area (Å²) in [6.07, 6.45) is 6.91. The number of aryl methyl sites for hydroxylation is 1. The van der Waals surface area contributed by atoms with E-state index in [1.807, 2.05) is 25.4 Å². The van der Waals surface area contributed by atoms with E-state index in [-0.39, 0.29) is 5.75 Å². The standard InChI is InChI=1S/C25H31N7O2/c1-30-6-3-7-32(20-9-18-14-34-15-19(10-20)27-18)25-23(30)11-22(28-29-25)21-5-4-16(8-24(21)33)17-12-26-31(2)13-17/h4-5,8,11-13,18-20,27,33H,3,6-7,9-10,14-15H2,1-2H3/t18-,19?,20+/m1/s1. The van der Waals surface area contributed by atoms with E-state index in [0.29, 0.717) is 29.4 Å². The molecule has 0 saturated carbocycles. The Labute approximate surface area is 199 Å². The first-order valence-electron chi connectivity index (χ1n) is 12.1. The number of nitrogens with zero attached hydrogens (tertiary/aromatic N) is 6. The molecule has 9 heteroatoms. The Morgan fingerprint density at radius 2 is 1.85 bits per heavy atom. The molecule has 2 fully saturated rings. The van der Waals surface area contributed by atoms with Crippen molar-refractivity contribution in [1.82, 2.24) is 25.3 Å². The van der Waals surface area contributed by atoms with Crippen molar-refractivity contribution in [3.8, 4) is 28.1 Å². The van der Waals surface area contributed by atoms with Crippen molar-refractivity contribution < 1.29 is 9.84 Å². The molecule has 2 aromatic heterocycles. The van der Waals surface area contributed by atoms with E-state index in [2.05, 4.69) is 38.4 Å².